The molecule has 2 aromatic heterocycles. The highest BCUT2D eigenvalue weighted by Crippen LogP contribution is 2.08. The monoisotopic (exact) mass is 220 g/mol. The second-order valence-electron chi connectivity index (χ2n) is 3.37. The number of carbonyl (C=O) groups is 1. The van der Waals surface area contributed by atoms with Crippen LogP contribution >= 0.6 is 0 Å². The molecule has 16 heavy (non-hydrogen) atoms. The van der Waals surface area contributed by atoms with Gasteiger partial charge in [-0.25, -0.2) is 14.3 Å². The number of fused-ring (bicyclic) bond motifs is 1. The second kappa shape index (κ2) is 4.28. The molecule has 0 aliphatic carbocycles. The fourth-order valence-corrected chi connectivity index (χ4v) is 1.42. The zero-order chi connectivity index (χ0) is 11.5. The number of carboxylic acids is 1. The minimum absolute atomic E-state index is 0.120. The van der Waals surface area contributed by atoms with Crippen molar-refractivity contribution in [2.45, 2.75) is 13.5 Å². The van der Waals surface area contributed by atoms with Crippen molar-refractivity contribution in [1.29, 1.82) is 0 Å². The quantitative estimate of drug-likeness (QED) is 0.786. The van der Waals surface area contributed by atoms with Crippen LogP contribution in [0, 0.1) is 0 Å². The van der Waals surface area contributed by atoms with Crippen molar-refractivity contribution >= 4 is 11.6 Å². The Bertz CT molecular complexity index is 521. The summed E-state index contributed by atoms with van der Waals surface area (Å²) in [5, 5.41) is 16.0. The van der Waals surface area contributed by atoms with E-state index in [9.17, 15) is 4.79 Å². The first-order valence-electron chi connectivity index (χ1n) is 4.98. The minimum atomic E-state index is -1.01. The molecule has 6 heteroatoms. The lowest BCUT2D eigenvalue weighted by molar-refractivity contribution is 0.0699. The smallest absolute Gasteiger partial charge is 0.341 e. The number of hydrogen-bond acceptors (Lipinski definition) is 4. The fourth-order valence-electron chi connectivity index (χ4n) is 1.42. The lowest BCUT2D eigenvalue weighted by Gasteiger charge is -2.01. The van der Waals surface area contributed by atoms with Gasteiger partial charge in [0.25, 0.3) is 0 Å². The molecule has 2 aromatic rings. The van der Waals surface area contributed by atoms with Gasteiger partial charge in [0.2, 0.25) is 0 Å². The van der Waals surface area contributed by atoms with Gasteiger partial charge in [-0.05, 0) is 6.54 Å². The number of aromatic nitrogens is 3. The summed E-state index contributed by atoms with van der Waals surface area (Å²) >= 11 is 0. The highest BCUT2D eigenvalue weighted by Gasteiger charge is 2.12. The number of aromatic carboxylic acids is 1. The first-order valence-corrected chi connectivity index (χ1v) is 4.98. The molecule has 0 amide bonds. The Labute approximate surface area is 91.9 Å². The molecule has 0 aliphatic rings. The van der Waals surface area contributed by atoms with Crippen LogP contribution in [0.3, 0.4) is 0 Å². The lowest BCUT2D eigenvalue weighted by atomic mass is 10.3. The van der Waals surface area contributed by atoms with E-state index in [4.69, 9.17) is 5.11 Å². The van der Waals surface area contributed by atoms with Crippen LogP contribution in [0.4, 0.5) is 0 Å². The molecular weight excluding hydrogens is 208 g/mol. The van der Waals surface area contributed by atoms with Crippen LogP contribution in [0.15, 0.2) is 18.6 Å². The zero-order valence-electron chi connectivity index (χ0n) is 8.84. The topological polar surface area (TPSA) is 79.5 Å². The normalized spacial score (nSPS) is 10.8. The van der Waals surface area contributed by atoms with E-state index < -0.39 is 5.97 Å². The standard InChI is InChI=1S/C10H12N4O2/c1-2-11-3-7-4-12-9-8(10(15)16)5-13-14(9)6-7/h4-6,11H,2-3H2,1H3,(H,15,16). The number of nitrogens with one attached hydrogen (secondary N) is 1. The zero-order valence-corrected chi connectivity index (χ0v) is 8.84. The summed E-state index contributed by atoms with van der Waals surface area (Å²) in [7, 11) is 0. The van der Waals surface area contributed by atoms with E-state index in [2.05, 4.69) is 15.4 Å². The van der Waals surface area contributed by atoms with E-state index >= 15 is 0 Å². The second-order valence-corrected chi connectivity index (χ2v) is 3.37. The van der Waals surface area contributed by atoms with Crippen LogP contribution in [-0.4, -0.2) is 32.2 Å². The number of nitrogens with zero attached hydrogens (tertiary/aromatic N) is 3. The third-order valence-electron chi connectivity index (χ3n) is 2.22. The van der Waals surface area contributed by atoms with Gasteiger partial charge in [0.15, 0.2) is 5.65 Å². The molecule has 0 saturated heterocycles. The summed E-state index contributed by atoms with van der Waals surface area (Å²) in [5.74, 6) is -1.01. The highest BCUT2D eigenvalue weighted by atomic mass is 16.4. The molecule has 2 heterocycles. The van der Waals surface area contributed by atoms with Crippen molar-refractivity contribution < 1.29 is 9.90 Å². The molecule has 84 valence electrons. The largest absolute Gasteiger partial charge is 0.477 e. The molecule has 0 bridgehead atoms. The first-order chi connectivity index (χ1) is 7.72. The van der Waals surface area contributed by atoms with Crippen LogP contribution in [0.5, 0.6) is 0 Å². The third kappa shape index (κ3) is 1.87. The van der Waals surface area contributed by atoms with Crippen molar-refractivity contribution in [3.05, 3.63) is 29.7 Å². The molecular formula is C10H12N4O2. The van der Waals surface area contributed by atoms with Crippen molar-refractivity contribution in [1.82, 2.24) is 19.9 Å². The maximum Gasteiger partial charge on any atom is 0.341 e. The molecule has 0 spiro atoms. The molecule has 2 rings (SSSR count). The molecule has 6 nitrogen and oxygen atoms in total. The van der Waals surface area contributed by atoms with Crippen LogP contribution < -0.4 is 5.32 Å². The van der Waals surface area contributed by atoms with Crippen molar-refractivity contribution in [3.63, 3.8) is 0 Å². The summed E-state index contributed by atoms with van der Waals surface area (Å²) in [6.45, 7) is 3.58. The SMILES string of the molecule is CCNCc1cnc2c(C(=O)O)cnn2c1. The van der Waals surface area contributed by atoms with Gasteiger partial charge in [-0.1, -0.05) is 6.92 Å². The van der Waals surface area contributed by atoms with Gasteiger partial charge in [0.05, 0.1) is 6.20 Å². The average molecular weight is 220 g/mol. The predicted molar refractivity (Wildman–Crippen MR) is 57.3 cm³/mol. The lowest BCUT2D eigenvalue weighted by Crippen LogP contribution is -2.12. The van der Waals surface area contributed by atoms with E-state index in [0.29, 0.717) is 12.2 Å². The van der Waals surface area contributed by atoms with Crippen molar-refractivity contribution in [2.24, 2.45) is 0 Å². The molecule has 0 atom stereocenters. The van der Waals surface area contributed by atoms with Crippen molar-refractivity contribution in [2.75, 3.05) is 6.54 Å². The third-order valence-corrected chi connectivity index (χ3v) is 2.22. The van der Waals surface area contributed by atoms with Crippen LogP contribution in [0.1, 0.15) is 22.8 Å². The van der Waals surface area contributed by atoms with E-state index in [0.717, 1.165) is 12.1 Å². The molecule has 0 fully saturated rings. The van der Waals surface area contributed by atoms with E-state index in [1.54, 1.807) is 12.4 Å². The molecule has 0 aliphatic heterocycles. The van der Waals surface area contributed by atoms with Crippen molar-refractivity contribution in [3.8, 4) is 0 Å². The van der Waals surface area contributed by atoms with Gasteiger partial charge in [-0.2, -0.15) is 5.10 Å². The Kier molecular flexibility index (Phi) is 2.82. The Hall–Kier alpha value is -1.95. The summed E-state index contributed by atoms with van der Waals surface area (Å²) < 4.78 is 1.48. The molecule has 0 aromatic carbocycles. The van der Waals surface area contributed by atoms with E-state index in [1.165, 1.54) is 10.7 Å². The Balaban J connectivity index is 2.37. The summed E-state index contributed by atoms with van der Waals surface area (Å²) in [4.78, 5) is 14.9. The Morgan fingerprint density at radius 1 is 1.56 bits per heavy atom. The predicted octanol–water partition coefficient (Wildman–Crippen LogP) is 0.537. The maximum absolute atomic E-state index is 10.8. The first kappa shape index (κ1) is 10.6. The van der Waals surface area contributed by atoms with Crippen LogP contribution in [-0.2, 0) is 6.54 Å². The Morgan fingerprint density at radius 2 is 2.38 bits per heavy atom. The maximum atomic E-state index is 10.8. The van der Waals surface area contributed by atoms with Crippen LogP contribution in [0.25, 0.3) is 5.65 Å². The number of hydrogen-bond donors (Lipinski definition) is 2. The molecule has 2 N–H and O–H groups in total. The Morgan fingerprint density at radius 3 is 3.06 bits per heavy atom. The van der Waals surface area contributed by atoms with Gasteiger partial charge >= 0.3 is 5.97 Å². The van der Waals surface area contributed by atoms with E-state index in [-0.39, 0.29) is 5.56 Å². The van der Waals surface area contributed by atoms with Gasteiger partial charge in [0, 0.05) is 24.5 Å². The fraction of sp³-hybridized carbons (Fsp3) is 0.300. The highest BCUT2D eigenvalue weighted by molar-refractivity contribution is 5.93. The summed E-state index contributed by atoms with van der Waals surface area (Å²) in [5.41, 5.74) is 1.46. The summed E-state index contributed by atoms with van der Waals surface area (Å²) in [6.07, 6.45) is 4.74. The van der Waals surface area contributed by atoms with E-state index in [1.807, 2.05) is 6.92 Å². The van der Waals surface area contributed by atoms with Gasteiger partial charge in [0.1, 0.15) is 5.56 Å². The number of carboxylic acid groups (broad SMARTS) is 1. The summed E-state index contributed by atoms with van der Waals surface area (Å²) in [6, 6.07) is 0. The van der Waals surface area contributed by atoms with Gasteiger partial charge in [-0.15, -0.1) is 0 Å². The average Bonchev–Trinajstić information content (AvgIpc) is 2.69. The van der Waals surface area contributed by atoms with Crippen LogP contribution in [0.2, 0.25) is 0 Å². The van der Waals surface area contributed by atoms with Gasteiger partial charge in [-0.3, -0.25) is 0 Å². The van der Waals surface area contributed by atoms with Gasteiger partial charge < -0.3 is 10.4 Å². The molecule has 0 saturated carbocycles. The number of rotatable bonds is 4. The minimum Gasteiger partial charge on any atom is -0.477 e. The molecule has 0 radical (unpaired) electrons. The molecule has 0 unspecified atom stereocenters.